The molecule has 2 aliphatic heterocycles. The maximum atomic E-state index is 5.57. The highest BCUT2D eigenvalue weighted by Gasteiger charge is 2.46. The van der Waals surface area contributed by atoms with E-state index in [0.29, 0.717) is 0 Å². The molecule has 1 saturated heterocycles. The highest BCUT2D eigenvalue weighted by molar-refractivity contribution is 5.71. The minimum absolute atomic E-state index is 0.110. The number of hydrogen-bond acceptors (Lipinski definition) is 2. The second-order valence-corrected chi connectivity index (χ2v) is 7.18. The molecule has 2 heterocycles. The van der Waals surface area contributed by atoms with Gasteiger partial charge in [0.05, 0.1) is 0 Å². The topological polar surface area (TPSA) is 12.5 Å². The molecule has 1 spiro atoms. The fourth-order valence-corrected chi connectivity index (χ4v) is 3.58. The van der Waals surface area contributed by atoms with Crippen molar-refractivity contribution in [1.82, 2.24) is 0 Å². The molecule has 0 atom stereocenters. The Morgan fingerprint density at radius 1 is 1.20 bits per heavy atom. The minimum atomic E-state index is 0.110. The van der Waals surface area contributed by atoms with Crippen LogP contribution in [-0.4, -0.2) is 20.3 Å². The first kappa shape index (κ1) is 13.7. The number of likely N-dealkylation sites (N-methyl/N-ethyl adjacent to an activating group) is 1. The first-order valence-electron chi connectivity index (χ1n) is 7.52. The van der Waals surface area contributed by atoms with Gasteiger partial charge in [0.15, 0.2) is 0 Å². The van der Waals surface area contributed by atoms with Gasteiger partial charge in [0, 0.05) is 37.1 Å². The van der Waals surface area contributed by atoms with Crippen molar-refractivity contribution in [3.63, 3.8) is 0 Å². The molecule has 3 rings (SSSR count). The number of fused-ring (bicyclic) bond motifs is 2. The first-order valence-corrected chi connectivity index (χ1v) is 7.52. The van der Waals surface area contributed by atoms with Gasteiger partial charge in [-0.3, -0.25) is 0 Å². The molecule has 0 aliphatic carbocycles. The van der Waals surface area contributed by atoms with Crippen LogP contribution in [0.2, 0.25) is 0 Å². The van der Waals surface area contributed by atoms with E-state index in [-0.39, 0.29) is 10.8 Å². The summed E-state index contributed by atoms with van der Waals surface area (Å²) in [7, 11) is 2.15. The molecule has 0 radical (unpaired) electrons. The van der Waals surface area contributed by atoms with E-state index in [0.717, 1.165) is 26.1 Å². The van der Waals surface area contributed by atoms with Crippen LogP contribution in [0.3, 0.4) is 0 Å². The van der Waals surface area contributed by atoms with Gasteiger partial charge in [-0.25, -0.2) is 0 Å². The van der Waals surface area contributed by atoms with Gasteiger partial charge < -0.3 is 9.64 Å². The Morgan fingerprint density at radius 3 is 2.45 bits per heavy atom. The van der Waals surface area contributed by atoms with E-state index in [1.165, 1.54) is 22.5 Å². The predicted molar refractivity (Wildman–Crippen MR) is 84.4 cm³/mol. The predicted octanol–water partition coefficient (Wildman–Crippen LogP) is 4.00. The Morgan fingerprint density at radius 2 is 1.85 bits per heavy atom. The van der Waals surface area contributed by atoms with E-state index >= 15 is 0 Å². The van der Waals surface area contributed by atoms with Crippen molar-refractivity contribution in [3.8, 4) is 0 Å². The van der Waals surface area contributed by atoms with Crippen LogP contribution in [0.15, 0.2) is 30.5 Å². The zero-order valence-corrected chi connectivity index (χ0v) is 13.1. The monoisotopic (exact) mass is 271 g/mol. The summed E-state index contributed by atoms with van der Waals surface area (Å²) in [5, 5.41) is 0. The average molecular weight is 271 g/mol. The van der Waals surface area contributed by atoms with E-state index in [4.69, 9.17) is 4.74 Å². The lowest BCUT2D eigenvalue weighted by Gasteiger charge is -2.35. The molecule has 1 aromatic carbocycles. The summed E-state index contributed by atoms with van der Waals surface area (Å²) in [6.07, 6.45) is 2.11. The van der Waals surface area contributed by atoms with Gasteiger partial charge in [-0.15, -0.1) is 0 Å². The first-order chi connectivity index (χ1) is 9.36. The van der Waals surface area contributed by atoms with Crippen LogP contribution in [0.25, 0.3) is 0 Å². The third-order valence-corrected chi connectivity index (χ3v) is 5.04. The standard InChI is InChI=1S/C18H25NO/c1-13-18(8-10-20-11-9-18)15-7-6-14(17(2,3)4)12-16(15)19(13)5/h6-7,12H,1,8-11H2,2-5H3. The normalized spacial score (nSPS) is 21.4. The largest absolute Gasteiger partial charge is 0.381 e. The average Bonchev–Trinajstić information content (AvgIpc) is 2.62. The van der Waals surface area contributed by atoms with E-state index in [1.54, 1.807) is 0 Å². The van der Waals surface area contributed by atoms with Crippen LogP contribution in [0.5, 0.6) is 0 Å². The molecule has 0 unspecified atom stereocenters. The van der Waals surface area contributed by atoms with Crippen LogP contribution >= 0.6 is 0 Å². The quantitative estimate of drug-likeness (QED) is 0.707. The summed E-state index contributed by atoms with van der Waals surface area (Å²) >= 11 is 0. The van der Waals surface area contributed by atoms with Crippen molar-refractivity contribution in [3.05, 3.63) is 41.6 Å². The van der Waals surface area contributed by atoms with Crippen LogP contribution in [-0.2, 0) is 15.6 Å². The lowest BCUT2D eigenvalue weighted by molar-refractivity contribution is 0.0634. The highest BCUT2D eigenvalue weighted by Crippen LogP contribution is 2.52. The molecule has 2 nitrogen and oxygen atoms in total. The SMILES string of the molecule is C=C1N(C)c2cc(C(C)(C)C)ccc2C12CCOCC2. The third-order valence-electron chi connectivity index (χ3n) is 5.04. The fraction of sp³-hybridized carbons (Fsp3) is 0.556. The van der Waals surface area contributed by atoms with Crippen LogP contribution in [0, 0.1) is 0 Å². The summed E-state index contributed by atoms with van der Waals surface area (Å²) in [5.74, 6) is 0. The fourth-order valence-electron chi connectivity index (χ4n) is 3.58. The zero-order chi connectivity index (χ0) is 14.5. The molecule has 0 amide bonds. The number of benzene rings is 1. The molecular formula is C18H25NO. The number of ether oxygens (including phenoxy) is 1. The summed E-state index contributed by atoms with van der Waals surface area (Å²) in [5.41, 5.74) is 5.70. The van der Waals surface area contributed by atoms with Crippen molar-refractivity contribution >= 4 is 5.69 Å². The maximum absolute atomic E-state index is 5.57. The molecule has 0 saturated carbocycles. The van der Waals surface area contributed by atoms with Gasteiger partial charge in [0.1, 0.15) is 0 Å². The van der Waals surface area contributed by atoms with Crippen LogP contribution < -0.4 is 4.90 Å². The number of nitrogens with zero attached hydrogens (tertiary/aromatic N) is 1. The Labute approximate surface area is 122 Å². The molecule has 2 heteroatoms. The summed E-state index contributed by atoms with van der Waals surface area (Å²) < 4.78 is 5.57. The molecular weight excluding hydrogens is 246 g/mol. The third kappa shape index (κ3) is 1.81. The van der Waals surface area contributed by atoms with Crippen molar-refractivity contribution in [2.45, 2.75) is 44.4 Å². The number of allylic oxidation sites excluding steroid dienone is 1. The Kier molecular flexibility index (Phi) is 2.98. The van der Waals surface area contributed by atoms with Crippen molar-refractivity contribution in [2.75, 3.05) is 25.2 Å². The van der Waals surface area contributed by atoms with E-state index < -0.39 is 0 Å². The molecule has 0 bridgehead atoms. The maximum Gasteiger partial charge on any atom is 0.0478 e. The van der Waals surface area contributed by atoms with Crippen molar-refractivity contribution in [1.29, 1.82) is 0 Å². The van der Waals surface area contributed by atoms with Gasteiger partial charge >= 0.3 is 0 Å². The lowest BCUT2D eigenvalue weighted by Crippen LogP contribution is -2.35. The van der Waals surface area contributed by atoms with Crippen molar-refractivity contribution < 1.29 is 4.74 Å². The van der Waals surface area contributed by atoms with Crippen LogP contribution in [0.1, 0.15) is 44.7 Å². The smallest absolute Gasteiger partial charge is 0.0478 e. The number of anilines is 1. The second kappa shape index (κ2) is 4.36. The lowest BCUT2D eigenvalue weighted by atomic mass is 9.73. The van der Waals surface area contributed by atoms with Gasteiger partial charge in [-0.1, -0.05) is 39.5 Å². The Balaban J connectivity index is 2.12. The van der Waals surface area contributed by atoms with E-state index in [2.05, 4.69) is 57.5 Å². The van der Waals surface area contributed by atoms with Gasteiger partial charge in [-0.05, 0) is 35.4 Å². The molecule has 0 aromatic heterocycles. The molecule has 20 heavy (non-hydrogen) atoms. The highest BCUT2D eigenvalue weighted by atomic mass is 16.5. The van der Waals surface area contributed by atoms with Crippen LogP contribution in [0.4, 0.5) is 5.69 Å². The summed E-state index contributed by atoms with van der Waals surface area (Å²) in [6, 6.07) is 6.98. The molecule has 1 aromatic rings. The van der Waals surface area contributed by atoms with Gasteiger partial charge in [0.25, 0.3) is 0 Å². The summed E-state index contributed by atoms with van der Waals surface area (Å²) in [6.45, 7) is 12.9. The molecule has 0 N–H and O–H groups in total. The van der Waals surface area contributed by atoms with Gasteiger partial charge in [0.2, 0.25) is 0 Å². The summed E-state index contributed by atoms with van der Waals surface area (Å²) in [4.78, 5) is 2.29. The zero-order valence-electron chi connectivity index (χ0n) is 13.1. The molecule has 2 aliphatic rings. The number of rotatable bonds is 0. The molecule has 1 fully saturated rings. The van der Waals surface area contributed by atoms with E-state index in [1.807, 2.05) is 0 Å². The molecule has 108 valence electrons. The van der Waals surface area contributed by atoms with E-state index in [9.17, 15) is 0 Å². The Hall–Kier alpha value is -1.28. The number of hydrogen-bond donors (Lipinski definition) is 0. The second-order valence-electron chi connectivity index (χ2n) is 7.18. The van der Waals surface area contributed by atoms with Gasteiger partial charge in [-0.2, -0.15) is 0 Å². The van der Waals surface area contributed by atoms with Crippen molar-refractivity contribution in [2.24, 2.45) is 0 Å². The Bertz CT molecular complexity index is 547. The minimum Gasteiger partial charge on any atom is -0.381 e.